The van der Waals surface area contributed by atoms with Gasteiger partial charge in [0.2, 0.25) is 5.91 Å². The van der Waals surface area contributed by atoms with Crippen molar-refractivity contribution in [1.82, 2.24) is 16.1 Å². The van der Waals surface area contributed by atoms with Crippen LogP contribution in [-0.4, -0.2) is 31.1 Å². The van der Waals surface area contributed by atoms with Crippen LogP contribution in [0.5, 0.6) is 0 Å². The van der Waals surface area contributed by atoms with Gasteiger partial charge in [0.1, 0.15) is 6.04 Å². The standard InChI is InChI=1S/C10H21N3O3/c1-5-11-10(15)12-9(14)8(4)13-16-6-7(2)3/h7-8,13H,5-6H2,1-4H3,(H2,11,12,14,15). The van der Waals surface area contributed by atoms with E-state index in [1.54, 1.807) is 13.8 Å². The normalized spacial score (nSPS) is 12.3. The zero-order valence-electron chi connectivity index (χ0n) is 10.3. The van der Waals surface area contributed by atoms with Crippen molar-refractivity contribution in [2.75, 3.05) is 13.2 Å². The Morgan fingerprint density at radius 3 is 2.38 bits per heavy atom. The monoisotopic (exact) mass is 231 g/mol. The highest BCUT2D eigenvalue weighted by Crippen LogP contribution is 1.91. The minimum absolute atomic E-state index is 0.381. The molecule has 1 unspecified atom stereocenters. The molecule has 3 N–H and O–H groups in total. The molecule has 0 spiro atoms. The van der Waals surface area contributed by atoms with Gasteiger partial charge in [0, 0.05) is 6.54 Å². The highest BCUT2D eigenvalue weighted by molar-refractivity contribution is 5.96. The quantitative estimate of drug-likeness (QED) is 0.578. The van der Waals surface area contributed by atoms with Crippen molar-refractivity contribution in [2.24, 2.45) is 5.92 Å². The summed E-state index contributed by atoms with van der Waals surface area (Å²) in [4.78, 5) is 27.5. The number of nitrogens with one attached hydrogen (secondary N) is 3. The van der Waals surface area contributed by atoms with Crippen LogP contribution in [0.2, 0.25) is 0 Å². The van der Waals surface area contributed by atoms with E-state index in [4.69, 9.17) is 4.84 Å². The third kappa shape index (κ3) is 7.19. The van der Waals surface area contributed by atoms with Crippen LogP contribution in [0.15, 0.2) is 0 Å². The van der Waals surface area contributed by atoms with Gasteiger partial charge in [-0.15, -0.1) is 0 Å². The van der Waals surface area contributed by atoms with E-state index in [9.17, 15) is 9.59 Å². The molecule has 0 saturated heterocycles. The van der Waals surface area contributed by atoms with E-state index < -0.39 is 18.0 Å². The molecule has 16 heavy (non-hydrogen) atoms. The molecular weight excluding hydrogens is 210 g/mol. The van der Waals surface area contributed by atoms with Gasteiger partial charge in [-0.2, -0.15) is 5.48 Å². The molecule has 0 bridgehead atoms. The van der Waals surface area contributed by atoms with Gasteiger partial charge in [0.05, 0.1) is 6.61 Å². The number of hydrogen-bond donors (Lipinski definition) is 3. The molecular formula is C10H21N3O3. The lowest BCUT2D eigenvalue weighted by molar-refractivity contribution is -0.126. The summed E-state index contributed by atoms with van der Waals surface area (Å²) in [5.41, 5.74) is 2.57. The van der Waals surface area contributed by atoms with Crippen LogP contribution >= 0.6 is 0 Å². The first-order valence-corrected chi connectivity index (χ1v) is 5.43. The second-order valence-corrected chi connectivity index (χ2v) is 3.89. The second kappa shape index (κ2) is 8.06. The van der Waals surface area contributed by atoms with E-state index in [2.05, 4.69) is 16.1 Å². The summed E-state index contributed by atoms with van der Waals surface area (Å²) in [5, 5.41) is 4.65. The largest absolute Gasteiger partial charge is 0.338 e. The maximum Gasteiger partial charge on any atom is 0.321 e. The first kappa shape index (κ1) is 14.9. The van der Waals surface area contributed by atoms with Gasteiger partial charge in [-0.1, -0.05) is 13.8 Å². The Bertz CT molecular complexity index is 231. The smallest absolute Gasteiger partial charge is 0.321 e. The van der Waals surface area contributed by atoms with E-state index in [1.165, 1.54) is 0 Å². The van der Waals surface area contributed by atoms with Crippen LogP contribution < -0.4 is 16.1 Å². The van der Waals surface area contributed by atoms with Crippen LogP contribution in [0, 0.1) is 5.92 Å². The lowest BCUT2D eigenvalue weighted by Crippen LogP contribution is -2.48. The lowest BCUT2D eigenvalue weighted by Gasteiger charge is -2.14. The molecule has 0 aromatic rings. The highest BCUT2D eigenvalue weighted by Gasteiger charge is 2.15. The third-order valence-corrected chi connectivity index (χ3v) is 1.64. The van der Waals surface area contributed by atoms with Gasteiger partial charge in [0.25, 0.3) is 0 Å². The number of carbonyl (C=O) groups is 2. The molecule has 0 aliphatic carbocycles. The third-order valence-electron chi connectivity index (χ3n) is 1.64. The molecule has 0 radical (unpaired) electrons. The summed E-state index contributed by atoms with van der Waals surface area (Å²) in [6, 6.07) is -1.06. The van der Waals surface area contributed by atoms with E-state index in [-0.39, 0.29) is 0 Å². The predicted octanol–water partition coefficient (Wildman–Crippen LogP) is 0.398. The molecule has 0 aromatic heterocycles. The van der Waals surface area contributed by atoms with Crippen molar-refractivity contribution in [2.45, 2.75) is 33.7 Å². The number of imide groups is 1. The van der Waals surface area contributed by atoms with Crippen molar-refractivity contribution in [3.05, 3.63) is 0 Å². The fourth-order valence-corrected chi connectivity index (χ4v) is 0.818. The number of urea groups is 1. The molecule has 6 heteroatoms. The van der Waals surface area contributed by atoms with Gasteiger partial charge >= 0.3 is 6.03 Å². The second-order valence-electron chi connectivity index (χ2n) is 3.89. The first-order chi connectivity index (χ1) is 7.47. The Morgan fingerprint density at radius 2 is 1.88 bits per heavy atom. The molecule has 3 amide bonds. The summed E-state index contributed by atoms with van der Waals surface area (Å²) >= 11 is 0. The molecule has 6 nitrogen and oxygen atoms in total. The van der Waals surface area contributed by atoms with Gasteiger partial charge < -0.3 is 10.2 Å². The Labute approximate surface area is 96.1 Å². The van der Waals surface area contributed by atoms with Crippen molar-refractivity contribution in [3.63, 3.8) is 0 Å². The fraction of sp³-hybridized carbons (Fsp3) is 0.800. The fourth-order valence-electron chi connectivity index (χ4n) is 0.818. The zero-order chi connectivity index (χ0) is 12.6. The first-order valence-electron chi connectivity index (χ1n) is 5.43. The summed E-state index contributed by atoms with van der Waals surface area (Å²) in [5.74, 6) is -0.0409. The van der Waals surface area contributed by atoms with Crippen LogP contribution in [0.3, 0.4) is 0 Å². The van der Waals surface area contributed by atoms with Crippen molar-refractivity contribution < 1.29 is 14.4 Å². The van der Waals surface area contributed by atoms with E-state index >= 15 is 0 Å². The SMILES string of the molecule is CCNC(=O)NC(=O)C(C)NOCC(C)C. The van der Waals surface area contributed by atoms with E-state index in [1.807, 2.05) is 13.8 Å². The Hall–Kier alpha value is -1.14. The van der Waals surface area contributed by atoms with Gasteiger partial charge in [0.15, 0.2) is 0 Å². The number of carbonyl (C=O) groups excluding carboxylic acids is 2. The maximum atomic E-state index is 11.4. The molecule has 0 fully saturated rings. The Kier molecular flexibility index (Phi) is 7.49. The van der Waals surface area contributed by atoms with Gasteiger partial charge in [-0.05, 0) is 19.8 Å². The summed E-state index contributed by atoms with van der Waals surface area (Å²) in [6.45, 7) is 8.39. The average molecular weight is 231 g/mol. The van der Waals surface area contributed by atoms with Crippen molar-refractivity contribution in [3.8, 4) is 0 Å². The molecule has 0 saturated carbocycles. The molecule has 0 aromatic carbocycles. The van der Waals surface area contributed by atoms with Gasteiger partial charge in [-0.25, -0.2) is 4.79 Å². The number of hydroxylamine groups is 1. The van der Waals surface area contributed by atoms with Crippen LogP contribution in [0.1, 0.15) is 27.7 Å². The molecule has 0 rings (SSSR count). The van der Waals surface area contributed by atoms with Crippen molar-refractivity contribution in [1.29, 1.82) is 0 Å². The molecule has 0 aliphatic heterocycles. The number of amides is 3. The lowest BCUT2D eigenvalue weighted by atomic mass is 10.2. The van der Waals surface area contributed by atoms with Crippen LogP contribution in [0.25, 0.3) is 0 Å². The predicted molar refractivity (Wildman–Crippen MR) is 60.6 cm³/mol. The highest BCUT2D eigenvalue weighted by atomic mass is 16.6. The average Bonchev–Trinajstić information content (AvgIpc) is 2.17. The Balaban J connectivity index is 3.77. The molecule has 1 atom stereocenters. The summed E-state index contributed by atoms with van der Waals surface area (Å²) in [6.07, 6.45) is 0. The summed E-state index contributed by atoms with van der Waals surface area (Å²) < 4.78 is 0. The molecule has 0 heterocycles. The van der Waals surface area contributed by atoms with E-state index in [0.717, 1.165) is 0 Å². The molecule has 0 aliphatic rings. The topological polar surface area (TPSA) is 79.5 Å². The van der Waals surface area contributed by atoms with Gasteiger partial charge in [-0.3, -0.25) is 10.1 Å². The number of rotatable bonds is 6. The maximum absolute atomic E-state index is 11.4. The molecule has 94 valence electrons. The van der Waals surface area contributed by atoms with E-state index in [0.29, 0.717) is 19.1 Å². The number of hydrogen-bond acceptors (Lipinski definition) is 4. The van der Waals surface area contributed by atoms with Crippen LogP contribution in [-0.2, 0) is 9.63 Å². The minimum Gasteiger partial charge on any atom is -0.338 e. The van der Waals surface area contributed by atoms with Crippen LogP contribution in [0.4, 0.5) is 4.79 Å². The van der Waals surface area contributed by atoms with Crippen molar-refractivity contribution >= 4 is 11.9 Å². The minimum atomic E-state index is -0.568. The Morgan fingerprint density at radius 1 is 1.25 bits per heavy atom. The summed E-state index contributed by atoms with van der Waals surface area (Å²) in [7, 11) is 0. The zero-order valence-corrected chi connectivity index (χ0v) is 10.3.